The van der Waals surface area contributed by atoms with E-state index in [0.717, 1.165) is 26.2 Å². The second-order valence-electron chi connectivity index (χ2n) is 2.18. The normalized spacial score (nSPS) is 10.2. The van der Waals surface area contributed by atoms with E-state index in [4.69, 9.17) is 10.2 Å². The fourth-order valence-corrected chi connectivity index (χ4v) is 0.707. The van der Waals surface area contributed by atoms with Gasteiger partial charge in [0.15, 0.2) is 0 Å². The lowest BCUT2D eigenvalue weighted by Gasteiger charge is -1.97. The van der Waals surface area contributed by atoms with Gasteiger partial charge in [0.2, 0.25) is 0 Å². The number of aliphatic hydroxyl groups excluding tert-OH is 2. The third-order valence-corrected chi connectivity index (χ3v) is 1.24. The molecule has 0 rings (SSSR count). The van der Waals surface area contributed by atoms with Gasteiger partial charge in [-0.2, -0.15) is 0 Å². The molecular formula is C6H18N2O2+2. The zero-order valence-corrected chi connectivity index (χ0v) is 6.29. The van der Waals surface area contributed by atoms with Gasteiger partial charge < -0.3 is 20.8 Å². The molecule has 10 heavy (non-hydrogen) atoms. The fourth-order valence-electron chi connectivity index (χ4n) is 0.707. The standard InChI is InChI=1S/C6H16N2O2/c9-5-3-7-1-2-8-4-6-10/h7-10H,1-6H2/p+2. The van der Waals surface area contributed by atoms with Crippen molar-refractivity contribution >= 4 is 0 Å². The molecular weight excluding hydrogens is 132 g/mol. The van der Waals surface area contributed by atoms with Gasteiger partial charge in [0.1, 0.15) is 13.1 Å². The Balaban J connectivity index is 2.65. The largest absolute Gasteiger partial charge is 0.391 e. The number of hydrogen-bond donors (Lipinski definition) is 4. The van der Waals surface area contributed by atoms with Crippen LogP contribution in [0.3, 0.4) is 0 Å². The van der Waals surface area contributed by atoms with Crippen molar-refractivity contribution in [3.63, 3.8) is 0 Å². The Labute approximate surface area is 61.3 Å². The predicted molar refractivity (Wildman–Crippen MR) is 37.5 cm³/mol. The summed E-state index contributed by atoms with van der Waals surface area (Å²) in [4.78, 5) is 0. The third kappa shape index (κ3) is 7.84. The van der Waals surface area contributed by atoms with Crippen LogP contribution in [-0.4, -0.2) is 49.6 Å². The topological polar surface area (TPSA) is 73.7 Å². The maximum absolute atomic E-state index is 8.39. The first-order valence-electron chi connectivity index (χ1n) is 3.77. The number of hydrogen-bond acceptors (Lipinski definition) is 2. The lowest BCUT2D eigenvalue weighted by molar-refractivity contribution is -0.724. The van der Waals surface area contributed by atoms with Crippen LogP contribution in [0.2, 0.25) is 0 Å². The molecule has 0 fully saturated rings. The molecule has 0 atom stereocenters. The van der Waals surface area contributed by atoms with Crippen molar-refractivity contribution in [3.8, 4) is 0 Å². The van der Waals surface area contributed by atoms with Crippen LogP contribution < -0.4 is 10.6 Å². The van der Waals surface area contributed by atoms with E-state index in [0.29, 0.717) is 0 Å². The molecule has 4 nitrogen and oxygen atoms in total. The van der Waals surface area contributed by atoms with Gasteiger partial charge in [0, 0.05) is 0 Å². The summed E-state index contributed by atoms with van der Waals surface area (Å²) in [6, 6.07) is 0. The second kappa shape index (κ2) is 8.84. The van der Waals surface area contributed by atoms with Crippen molar-refractivity contribution in [1.29, 1.82) is 0 Å². The van der Waals surface area contributed by atoms with Crippen molar-refractivity contribution in [2.75, 3.05) is 39.4 Å². The molecule has 0 aliphatic rings. The van der Waals surface area contributed by atoms with E-state index in [2.05, 4.69) is 10.6 Å². The summed E-state index contributed by atoms with van der Waals surface area (Å²) in [5.74, 6) is 0. The molecule has 0 amide bonds. The van der Waals surface area contributed by atoms with Gasteiger partial charge in [-0.25, -0.2) is 0 Å². The molecule has 0 aromatic rings. The molecule has 0 unspecified atom stereocenters. The first-order chi connectivity index (χ1) is 4.91. The lowest BCUT2D eigenvalue weighted by atomic mass is 10.5. The Bertz CT molecular complexity index is 53.7. The summed E-state index contributed by atoms with van der Waals surface area (Å²) >= 11 is 0. The van der Waals surface area contributed by atoms with Gasteiger partial charge >= 0.3 is 0 Å². The molecule has 0 radical (unpaired) electrons. The number of nitrogens with two attached hydrogens (primary N) is 2. The minimum atomic E-state index is 0.250. The van der Waals surface area contributed by atoms with E-state index in [1.54, 1.807) is 0 Å². The summed E-state index contributed by atoms with van der Waals surface area (Å²) in [7, 11) is 0. The molecule has 4 heteroatoms. The van der Waals surface area contributed by atoms with Crippen molar-refractivity contribution in [3.05, 3.63) is 0 Å². The minimum absolute atomic E-state index is 0.250. The quantitative estimate of drug-likeness (QED) is 0.280. The highest BCUT2D eigenvalue weighted by Crippen LogP contribution is 1.40. The average molecular weight is 150 g/mol. The van der Waals surface area contributed by atoms with Crippen molar-refractivity contribution < 1.29 is 20.8 Å². The van der Waals surface area contributed by atoms with E-state index < -0.39 is 0 Å². The molecule has 0 saturated carbocycles. The Morgan fingerprint density at radius 1 is 0.700 bits per heavy atom. The van der Waals surface area contributed by atoms with E-state index in [1.807, 2.05) is 0 Å². The number of quaternary nitrogens is 2. The molecule has 0 aromatic heterocycles. The summed E-state index contributed by atoms with van der Waals surface area (Å²) in [6.45, 7) is 4.10. The summed E-state index contributed by atoms with van der Waals surface area (Å²) in [5.41, 5.74) is 0. The van der Waals surface area contributed by atoms with Crippen LogP contribution in [0.4, 0.5) is 0 Å². The fraction of sp³-hybridized carbons (Fsp3) is 1.00. The zero-order valence-electron chi connectivity index (χ0n) is 6.29. The maximum atomic E-state index is 8.39. The third-order valence-electron chi connectivity index (χ3n) is 1.24. The second-order valence-corrected chi connectivity index (χ2v) is 2.18. The molecule has 62 valence electrons. The van der Waals surface area contributed by atoms with Crippen LogP contribution in [0.5, 0.6) is 0 Å². The first kappa shape index (κ1) is 9.84. The Morgan fingerprint density at radius 3 is 1.40 bits per heavy atom. The van der Waals surface area contributed by atoms with Crippen LogP contribution in [0.1, 0.15) is 0 Å². The van der Waals surface area contributed by atoms with E-state index >= 15 is 0 Å². The van der Waals surface area contributed by atoms with Gasteiger partial charge in [-0.15, -0.1) is 0 Å². The monoisotopic (exact) mass is 150 g/mol. The van der Waals surface area contributed by atoms with Crippen LogP contribution in [-0.2, 0) is 0 Å². The van der Waals surface area contributed by atoms with Crippen LogP contribution in [0.15, 0.2) is 0 Å². The summed E-state index contributed by atoms with van der Waals surface area (Å²) in [6.07, 6.45) is 0. The van der Waals surface area contributed by atoms with Crippen LogP contribution in [0.25, 0.3) is 0 Å². The molecule has 0 aliphatic heterocycles. The molecule has 0 aromatic carbocycles. The lowest BCUT2D eigenvalue weighted by Crippen LogP contribution is -2.95. The maximum Gasteiger partial charge on any atom is 0.125 e. The van der Waals surface area contributed by atoms with E-state index in [9.17, 15) is 0 Å². The first-order valence-corrected chi connectivity index (χ1v) is 3.77. The SMILES string of the molecule is OCC[NH2+]CC[NH2+]CCO. The van der Waals surface area contributed by atoms with Gasteiger partial charge in [0.05, 0.1) is 26.3 Å². The van der Waals surface area contributed by atoms with Crippen molar-refractivity contribution in [1.82, 2.24) is 0 Å². The highest BCUT2D eigenvalue weighted by molar-refractivity contribution is 4.19. The van der Waals surface area contributed by atoms with Gasteiger partial charge in [-0.3, -0.25) is 0 Å². The highest BCUT2D eigenvalue weighted by atomic mass is 16.3. The molecule has 0 aliphatic carbocycles. The van der Waals surface area contributed by atoms with Gasteiger partial charge in [0.25, 0.3) is 0 Å². The van der Waals surface area contributed by atoms with E-state index in [1.165, 1.54) is 0 Å². The smallest absolute Gasteiger partial charge is 0.125 e. The molecule has 0 saturated heterocycles. The summed E-state index contributed by atoms with van der Waals surface area (Å²) in [5, 5.41) is 20.9. The van der Waals surface area contributed by atoms with Gasteiger partial charge in [-0.1, -0.05) is 0 Å². The number of aliphatic hydroxyl groups is 2. The molecule has 0 heterocycles. The molecule has 0 bridgehead atoms. The minimum Gasteiger partial charge on any atom is -0.391 e. The van der Waals surface area contributed by atoms with Gasteiger partial charge in [-0.05, 0) is 0 Å². The zero-order chi connectivity index (χ0) is 7.66. The molecule has 0 spiro atoms. The van der Waals surface area contributed by atoms with Crippen LogP contribution >= 0.6 is 0 Å². The average Bonchev–Trinajstić information content (AvgIpc) is 1.97. The van der Waals surface area contributed by atoms with E-state index in [-0.39, 0.29) is 13.2 Å². The molecule has 6 N–H and O–H groups in total. The van der Waals surface area contributed by atoms with Crippen LogP contribution in [0, 0.1) is 0 Å². The summed E-state index contributed by atoms with van der Waals surface area (Å²) < 4.78 is 0. The highest BCUT2D eigenvalue weighted by Gasteiger charge is 1.90. The number of rotatable bonds is 7. The van der Waals surface area contributed by atoms with Crippen molar-refractivity contribution in [2.24, 2.45) is 0 Å². The Morgan fingerprint density at radius 2 is 1.10 bits per heavy atom. The Hall–Kier alpha value is -0.160. The Kier molecular flexibility index (Phi) is 8.70. The predicted octanol–water partition coefficient (Wildman–Crippen LogP) is -3.90. The van der Waals surface area contributed by atoms with Crippen molar-refractivity contribution in [2.45, 2.75) is 0 Å².